The number of hydrogen-bond acceptors (Lipinski definition) is 6. The number of anilines is 1. The predicted octanol–water partition coefficient (Wildman–Crippen LogP) is 4.33. The van der Waals surface area contributed by atoms with E-state index in [0.717, 1.165) is 42.3 Å². The van der Waals surface area contributed by atoms with Crippen molar-refractivity contribution in [1.82, 2.24) is 9.78 Å². The number of ether oxygens (including phenoxy) is 2. The van der Waals surface area contributed by atoms with Crippen LogP contribution in [-0.2, 0) is 4.74 Å². The summed E-state index contributed by atoms with van der Waals surface area (Å²) < 4.78 is 13.6. The van der Waals surface area contributed by atoms with Crippen molar-refractivity contribution in [2.24, 2.45) is 0 Å². The summed E-state index contributed by atoms with van der Waals surface area (Å²) in [6.07, 6.45) is 2.95. The standard InChI is InChI=1S/C19H20N4O4/c1-12-16(27-14-6-4-5-13(11-14)23(24)25)9-8-15-18(12)19(20)21-22(15)17-7-2-3-10-26-17/h4-6,8-9,11,17H,2-3,7,10H2,1H3,(H2,20,21). The zero-order valence-corrected chi connectivity index (χ0v) is 14.9. The molecule has 2 heterocycles. The van der Waals surface area contributed by atoms with E-state index in [1.165, 1.54) is 12.1 Å². The van der Waals surface area contributed by atoms with Gasteiger partial charge in [-0.1, -0.05) is 6.07 Å². The van der Waals surface area contributed by atoms with Crippen LogP contribution in [0.25, 0.3) is 10.9 Å². The molecular formula is C19H20N4O4. The number of benzene rings is 2. The summed E-state index contributed by atoms with van der Waals surface area (Å²) in [6, 6.07) is 9.82. The van der Waals surface area contributed by atoms with Crippen LogP contribution in [0.3, 0.4) is 0 Å². The Labute approximate surface area is 155 Å². The molecule has 1 aromatic heterocycles. The van der Waals surface area contributed by atoms with Gasteiger partial charge < -0.3 is 15.2 Å². The van der Waals surface area contributed by atoms with Gasteiger partial charge in [0.1, 0.15) is 11.5 Å². The van der Waals surface area contributed by atoms with Gasteiger partial charge in [0.15, 0.2) is 12.0 Å². The van der Waals surface area contributed by atoms with Crippen LogP contribution in [0.4, 0.5) is 11.5 Å². The molecule has 0 spiro atoms. The van der Waals surface area contributed by atoms with Gasteiger partial charge in [0, 0.05) is 18.2 Å². The minimum atomic E-state index is -0.449. The fourth-order valence-electron chi connectivity index (χ4n) is 3.45. The van der Waals surface area contributed by atoms with Crippen molar-refractivity contribution < 1.29 is 14.4 Å². The molecule has 1 saturated heterocycles. The van der Waals surface area contributed by atoms with Gasteiger partial charge in [0.05, 0.1) is 21.9 Å². The van der Waals surface area contributed by atoms with E-state index < -0.39 is 4.92 Å². The molecule has 140 valence electrons. The fourth-order valence-corrected chi connectivity index (χ4v) is 3.45. The Morgan fingerprint density at radius 3 is 2.93 bits per heavy atom. The van der Waals surface area contributed by atoms with Gasteiger partial charge >= 0.3 is 0 Å². The molecule has 0 bridgehead atoms. The van der Waals surface area contributed by atoms with E-state index in [4.69, 9.17) is 15.2 Å². The van der Waals surface area contributed by atoms with Gasteiger partial charge in [-0.25, -0.2) is 4.68 Å². The summed E-state index contributed by atoms with van der Waals surface area (Å²) in [5, 5.41) is 16.3. The first kappa shape index (κ1) is 17.3. The molecule has 4 rings (SSSR count). The van der Waals surface area contributed by atoms with Crippen molar-refractivity contribution in [3.8, 4) is 11.5 Å². The maximum atomic E-state index is 11.0. The summed E-state index contributed by atoms with van der Waals surface area (Å²) in [6.45, 7) is 2.62. The summed E-state index contributed by atoms with van der Waals surface area (Å²) >= 11 is 0. The number of aryl methyl sites for hydroxylation is 1. The Bertz CT molecular complexity index is 1010. The number of aromatic nitrogens is 2. The van der Waals surface area contributed by atoms with E-state index in [9.17, 15) is 10.1 Å². The Morgan fingerprint density at radius 1 is 1.33 bits per heavy atom. The second-order valence-corrected chi connectivity index (χ2v) is 6.59. The zero-order chi connectivity index (χ0) is 19.0. The first-order valence-electron chi connectivity index (χ1n) is 8.86. The molecule has 2 aromatic carbocycles. The van der Waals surface area contributed by atoms with Crippen LogP contribution >= 0.6 is 0 Å². The average molecular weight is 368 g/mol. The lowest BCUT2D eigenvalue weighted by Crippen LogP contribution is -2.19. The number of nitro benzene ring substituents is 1. The topological polar surface area (TPSA) is 105 Å². The maximum Gasteiger partial charge on any atom is 0.273 e. The van der Waals surface area contributed by atoms with E-state index in [1.54, 1.807) is 12.1 Å². The number of fused-ring (bicyclic) bond motifs is 1. The maximum absolute atomic E-state index is 11.0. The van der Waals surface area contributed by atoms with Crippen LogP contribution in [0.2, 0.25) is 0 Å². The number of hydrogen-bond donors (Lipinski definition) is 1. The molecule has 0 radical (unpaired) electrons. The Morgan fingerprint density at radius 2 is 2.19 bits per heavy atom. The fraction of sp³-hybridized carbons (Fsp3) is 0.316. The molecular weight excluding hydrogens is 348 g/mol. The van der Waals surface area contributed by atoms with Crippen molar-refractivity contribution in [3.63, 3.8) is 0 Å². The Balaban J connectivity index is 1.71. The second kappa shape index (κ2) is 6.88. The number of rotatable bonds is 4. The highest BCUT2D eigenvalue weighted by Crippen LogP contribution is 2.36. The van der Waals surface area contributed by atoms with E-state index in [-0.39, 0.29) is 11.9 Å². The first-order valence-corrected chi connectivity index (χ1v) is 8.86. The van der Waals surface area contributed by atoms with Crippen LogP contribution in [0, 0.1) is 17.0 Å². The monoisotopic (exact) mass is 368 g/mol. The van der Waals surface area contributed by atoms with Gasteiger partial charge in [0.25, 0.3) is 5.69 Å². The van der Waals surface area contributed by atoms with E-state index in [1.807, 2.05) is 23.7 Å². The second-order valence-electron chi connectivity index (χ2n) is 6.59. The molecule has 1 unspecified atom stereocenters. The smallest absolute Gasteiger partial charge is 0.273 e. The van der Waals surface area contributed by atoms with Gasteiger partial charge in [-0.2, -0.15) is 5.10 Å². The summed E-state index contributed by atoms with van der Waals surface area (Å²) in [5.74, 6) is 1.40. The predicted molar refractivity (Wildman–Crippen MR) is 101 cm³/mol. The number of nitrogens with zero attached hydrogens (tertiary/aromatic N) is 3. The highest BCUT2D eigenvalue weighted by Gasteiger charge is 2.22. The Kier molecular flexibility index (Phi) is 4.41. The molecule has 1 fully saturated rings. The molecule has 1 aliphatic rings. The molecule has 0 aliphatic carbocycles. The zero-order valence-electron chi connectivity index (χ0n) is 14.9. The van der Waals surface area contributed by atoms with Crippen molar-refractivity contribution >= 4 is 22.4 Å². The van der Waals surface area contributed by atoms with E-state index in [0.29, 0.717) is 17.3 Å². The first-order chi connectivity index (χ1) is 13.0. The molecule has 3 aromatic rings. The van der Waals surface area contributed by atoms with Crippen molar-refractivity contribution in [3.05, 3.63) is 52.1 Å². The molecule has 1 atom stereocenters. The van der Waals surface area contributed by atoms with Crippen molar-refractivity contribution in [1.29, 1.82) is 0 Å². The van der Waals surface area contributed by atoms with Crippen LogP contribution in [-0.4, -0.2) is 21.3 Å². The molecule has 0 amide bonds. The summed E-state index contributed by atoms with van der Waals surface area (Å²) in [4.78, 5) is 10.5. The number of nitrogens with two attached hydrogens (primary N) is 1. The molecule has 0 saturated carbocycles. The highest BCUT2D eigenvalue weighted by atomic mass is 16.6. The number of nitro groups is 1. The number of nitrogen functional groups attached to an aromatic ring is 1. The Hall–Kier alpha value is -3.13. The average Bonchev–Trinajstić information content (AvgIpc) is 3.02. The van der Waals surface area contributed by atoms with Gasteiger partial charge in [0.2, 0.25) is 0 Å². The van der Waals surface area contributed by atoms with Crippen LogP contribution in [0.1, 0.15) is 31.1 Å². The molecule has 1 aliphatic heterocycles. The van der Waals surface area contributed by atoms with Gasteiger partial charge in [-0.15, -0.1) is 0 Å². The summed E-state index contributed by atoms with van der Waals surface area (Å²) in [7, 11) is 0. The van der Waals surface area contributed by atoms with Crippen LogP contribution in [0.15, 0.2) is 36.4 Å². The normalized spacial score (nSPS) is 17.1. The van der Waals surface area contributed by atoms with Crippen molar-refractivity contribution in [2.75, 3.05) is 12.3 Å². The minimum absolute atomic E-state index is 0.0204. The van der Waals surface area contributed by atoms with E-state index in [2.05, 4.69) is 5.10 Å². The third-order valence-electron chi connectivity index (χ3n) is 4.80. The third-order valence-corrected chi connectivity index (χ3v) is 4.80. The van der Waals surface area contributed by atoms with Crippen LogP contribution < -0.4 is 10.5 Å². The summed E-state index contributed by atoms with van der Waals surface area (Å²) in [5.41, 5.74) is 7.88. The third kappa shape index (κ3) is 3.19. The molecule has 8 heteroatoms. The largest absolute Gasteiger partial charge is 0.457 e. The lowest BCUT2D eigenvalue weighted by Gasteiger charge is -2.23. The van der Waals surface area contributed by atoms with Crippen molar-refractivity contribution in [2.45, 2.75) is 32.4 Å². The minimum Gasteiger partial charge on any atom is -0.457 e. The van der Waals surface area contributed by atoms with E-state index >= 15 is 0 Å². The quantitative estimate of drug-likeness (QED) is 0.543. The SMILES string of the molecule is Cc1c(Oc2cccc([N+](=O)[O-])c2)ccc2c1c(N)nn2C1CCCCO1. The van der Waals surface area contributed by atoms with Gasteiger partial charge in [-0.3, -0.25) is 10.1 Å². The number of non-ortho nitro benzene ring substituents is 1. The van der Waals surface area contributed by atoms with Gasteiger partial charge in [-0.05, 0) is 44.4 Å². The molecule has 2 N–H and O–H groups in total. The lowest BCUT2D eigenvalue weighted by molar-refractivity contribution is -0.384. The molecule has 8 nitrogen and oxygen atoms in total. The molecule has 27 heavy (non-hydrogen) atoms. The highest BCUT2D eigenvalue weighted by molar-refractivity contribution is 5.93. The lowest BCUT2D eigenvalue weighted by atomic mass is 10.1. The van der Waals surface area contributed by atoms with Crippen LogP contribution in [0.5, 0.6) is 11.5 Å².